The number of H-pyrrole nitrogens is 1. The van der Waals surface area contributed by atoms with Gasteiger partial charge in [-0.1, -0.05) is 11.6 Å². The van der Waals surface area contributed by atoms with Gasteiger partial charge in [-0.25, -0.2) is 15.0 Å². The van der Waals surface area contributed by atoms with Gasteiger partial charge in [0.1, 0.15) is 11.8 Å². The standard InChI is InChI=1S/C11H7ClN6O2S/c12-6-2-1-5(18(19)20)3-7(6)21-11-16-8-9(13)14-4-15-10(8)17-11/h1-4H,(H3,13,14,15,16,17). The van der Waals surface area contributed by atoms with Gasteiger partial charge < -0.3 is 10.7 Å². The first-order chi connectivity index (χ1) is 10.0. The van der Waals surface area contributed by atoms with Crippen molar-refractivity contribution in [2.24, 2.45) is 0 Å². The van der Waals surface area contributed by atoms with Crippen LogP contribution in [-0.2, 0) is 0 Å². The summed E-state index contributed by atoms with van der Waals surface area (Å²) in [4.78, 5) is 25.9. The lowest BCUT2D eigenvalue weighted by atomic mass is 10.3. The molecule has 0 unspecified atom stereocenters. The molecule has 2 heterocycles. The molecule has 106 valence electrons. The number of nitro groups is 1. The lowest BCUT2D eigenvalue weighted by Gasteiger charge is -2.01. The minimum absolute atomic E-state index is 0.0442. The van der Waals surface area contributed by atoms with E-state index in [9.17, 15) is 10.1 Å². The molecule has 0 aliphatic rings. The minimum atomic E-state index is -0.484. The van der Waals surface area contributed by atoms with Crippen LogP contribution in [0.2, 0.25) is 5.02 Å². The van der Waals surface area contributed by atoms with Crippen molar-refractivity contribution in [3.8, 4) is 0 Å². The number of rotatable bonds is 3. The Labute approximate surface area is 126 Å². The molecule has 0 atom stereocenters. The van der Waals surface area contributed by atoms with Crippen molar-refractivity contribution in [2.45, 2.75) is 10.1 Å². The Balaban J connectivity index is 2.00. The number of hydrogen-bond acceptors (Lipinski definition) is 7. The summed E-state index contributed by atoms with van der Waals surface area (Å²) in [5.74, 6) is 0.282. The van der Waals surface area contributed by atoms with Crippen molar-refractivity contribution < 1.29 is 4.92 Å². The molecule has 0 aliphatic carbocycles. The molecule has 0 radical (unpaired) electrons. The van der Waals surface area contributed by atoms with Gasteiger partial charge in [0.15, 0.2) is 16.6 Å². The van der Waals surface area contributed by atoms with Crippen LogP contribution in [0.1, 0.15) is 0 Å². The lowest BCUT2D eigenvalue weighted by molar-refractivity contribution is -0.385. The third-order valence-corrected chi connectivity index (χ3v) is 4.01. The molecule has 0 saturated carbocycles. The zero-order chi connectivity index (χ0) is 15.0. The van der Waals surface area contributed by atoms with Crippen LogP contribution in [0.5, 0.6) is 0 Å². The van der Waals surface area contributed by atoms with E-state index in [2.05, 4.69) is 19.9 Å². The van der Waals surface area contributed by atoms with Gasteiger partial charge in [0.2, 0.25) is 0 Å². The SMILES string of the molecule is Nc1ncnc2nc(Sc3cc([N+](=O)[O-])ccc3Cl)[nH]c12. The maximum absolute atomic E-state index is 10.8. The summed E-state index contributed by atoms with van der Waals surface area (Å²) >= 11 is 7.20. The Kier molecular flexibility index (Phi) is 3.35. The van der Waals surface area contributed by atoms with Crippen molar-refractivity contribution >= 4 is 46.0 Å². The number of hydrogen-bond donors (Lipinski definition) is 2. The van der Waals surface area contributed by atoms with Crippen LogP contribution in [0, 0.1) is 10.1 Å². The Hall–Kier alpha value is -2.39. The molecule has 21 heavy (non-hydrogen) atoms. The molecule has 8 nitrogen and oxygen atoms in total. The van der Waals surface area contributed by atoms with Gasteiger partial charge in [-0.05, 0) is 17.8 Å². The van der Waals surface area contributed by atoms with Gasteiger partial charge in [0.05, 0.1) is 9.95 Å². The van der Waals surface area contributed by atoms with Crippen LogP contribution in [0.3, 0.4) is 0 Å². The summed E-state index contributed by atoms with van der Waals surface area (Å²) in [6.45, 7) is 0. The Morgan fingerprint density at radius 1 is 1.38 bits per heavy atom. The van der Waals surface area contributed by atoms with Gasteiger partial charge in [-0.15, -0.1) is 0 Å². The number of nitrogens with one attached hydrogen (secondary N) is 1. The summed E-state index contributed by atoms with van der Waals surface area (Å²) in [5.41, 5.74) is 6.60. The smallest absolute Gasteiger partial charge is 0.270 e. The van der Waals surface area contributed by atoms with Crippen LogP contribution in [0.15, 0.2) is 34.6 Å². The van der Waals surface area contributed by atoms with Crippen molar-refractivity contribution in [3.63, 3.8) is 0 Å². The second-order valence-corrected chi connectivity index (χ2v) is 5.41. The zero-order valence-electron chi connectivity index (χ0n) is 10.3. The number of non-ortho nitro benzene ring substituents is 1. The van der Waals surface area contributed by atoms with Crippen molar-refractivity contribution in [1.29, 1.82) is 0 Å². The molecular formula is C11H7ClN6O2S. The number of nitro benzene ring substituents is 1. The summed E-state index contributed by atoms with van der Waals surface area (Å²) in [6, 6.07) is 4.20. The number of aromatic nitrogens is 4. The molecular weight excluding hydrogens is 316 g/mol. The summed E-state index contributed by atoms with van der Waals surface area (Å²) in [7, 11) is 0. The van der Waals surface area contributed by atoms with Gasteiger partial charge in [0, 0.05) is 17.0 Å². The highest BCUT2D eigenvalue weighted by atomic mass is 35.5. The van der Waals surface area contributed by atoms with E-state index in [1.807, 2.05) is 0 Å². The lowest BCUT2D eigenvalue weighted by Crippen LogP contribution is -1.91. The highest BCUT2D eigenvalue weighted by molar-refractivity contribution is 7.99. The molecule has 3 aromatic rings. The first-order valence-corrected chi connectivity index (χ1v) is 6.82. The van der Waals surface area contributed by atoms with Crippen LogP contribution in [-0.4, -0.2) is 24.9 Å². The number of anilines is 1. The first kappa shape index (κ1) is 13.6. The van der Waals surface area contributed by atoms with Gasteiger partial charge in [-0.2, -0.15) is 0 Å². The molecule has 1 aromatic carbocycles. The molecule has 0 spiro atoms. The highest BCUT2D eigenvalue weighted by Crippen LogP contribution is 2.35. The molecule has 2 aromatic heterocycles. The first-order valence-electron chi connectivity index (χ1n) is 5.62. The molecule has 3 N–H and O–H groups in total. The molecule has 0 aliphatic heterocycles. The zero-order valence-corrected chi connectivity index (χ0v) is 11.9. The summed E-state index contributed by atoms with van der Waals surface area (Å²) < 4.78 is 0. The second-order valence-electron chi connectivity index (χ2n) is 3.97. The third kappa shape index (κ3) is 2.60. The normalized spacial score (nSPS) is 10.9. The number of fused-ring (bicyclic) bond motifs is 1. The van der Waals surface area contributed by atoms with Gasteiger partial charge in [0.25, 0.3) is 5.69 Å². The fourth-order valence-corrected chi connectivity index (χ4v) is 2.73. The van der Waals surface area contributed by atoms with Crippen molar-refractivity contribution in [2.75, 3.05) is 5.73 Å². The average molecular weight is 323 g/mol. The largest absolute Gasteiger partial charge is 0.382 e. The molecule has 0 fully saturated rings. The average Bonchev–Trinajstić information content (AvgIpc) is 2.85. The highest BCUT2D eigenvalue weighted by Gasteiger charge is 2.14. The summed E-state index contributed by atoms with van der Waals surface area (Å²) in [5, 5.41) is 11.7. The molecule has 3 rings (SSSR count). The number of halogens is 1. The van der Waals surface area contributed by atoms with Gasteiger partial charge in [-0.3, -0.25) is 10.1 Å². The van der Waals surface area contributed by atoms with Crippen molar-refractivity contribution in [1.82, 2.24) is 19.9 Å². The van der Waals surface area contributed by atoms with Crippen LogP contribution < -0.4 is 5.73 Å². The number of nitrogens with two attached hydrogens (primary N) is 1. The number of benzene rings is 1. The Morgan fingerprint density at radius 2 is 2.19 bits per heavy atom. The minimum Gasteiger partial charge on any atom is -0.382 e. The Morgan fingerprint density at radius 3 is 2.90 bits per heavy atom. The van der Waals surface area contributed by atoms with Crippen LogP contribution >= 0.6 is 23.4 Å². The van der Waals surface area contributed by atoms with E-state index in [0.717, 1.165) is 11.8 Å². The third-order valence-electron chi connectivity index (χ3n) is 2.63. The monoisotopic (exact) mass is 322 g/mol. The van der Waals surface area contributed by atoms with Crippen LogP contribution in [0.25, 0.3) is 11.2 Å². The number of nitrogen functional groups attached to an aromatic ring is 1. The predicted molar refractivity (Wildman–Crippen MR) is 78.3 cm³/mol. The maximum atomic E-state index is 10.8. The van der Waals surface area contributed by atoms with E-state index in [1.165, 1.54) is 24.5 Å². The van der Waals surface area contributed by atoms with Crippen molar-refractivity contribution in [3.05, 3.63) is 39.7 Å². The number of aromatic amines is 1. The fourth-order valence-electron chi connectivity index (χ4n) is 1.66. The molecule has 0 amide bonds. The number of nitrogens with zero attached hydrogens (tertiary/aromatic N) is 4. The molecule has 0 saturated heterocycles. The quantitative estimate of drug-likeness (QED) is 0.561. The molecule has 10 heteroatoms. The van der Waals surface area contributed by atoms with E-state index in [0.29, 0.717) is 26.2 Å². The van der Waals surface area contributed by atoms with E-state index in [-0.39, 0.29) is 11.5 Å². The van der Waals surface area contributed by atoms with Gasteiger partial charge >= 0.3 is 0 Å². The number of imidazole rings is 1. The van der Waals surface area contributed by atoms with E-state index < -0.39 is 4.92 Å². The van der Waals surface area contributed by atoms with E-state index in [1.54, 1.807) is 0 Å². The topological polar surface area (TPSA) is 124 Å². The second kappa shape index (κ2) is 5.19. The maximum Gasteiger partial charge on any atom is 0.270 e. The van der Waals surface area contributed by atoms with Crippen LogP contribution in [0.4, 0.5) is 11.5 Å². The Bertz CT molecular complexity index is 852. The fraction of sp³-hybridized carbons (Fsp3) is 0. The predicted octanol–water partition coefficient (Wildman–Crippen LogP) is 2.65. The molecule has 0 bridgehead atoms. The van der Waals surface area contributed by atoms with E-state index >= 15 is 0 Å². The summed E-state index contributed by atoms with van der Waals surface area (Å²) in [6.07, 6.45) is 1.31. The van der Waals surface area contributed by atoms with E-state index in [4.69, 9.17) is 17.3 Å².